The zero-order valence-electron chi connectivity index (χ0n) is 75.4. The third kappa shape index (κ3) is 21.0. The van der Waals surface area contributed by atoms with Crippen molar-refractivity contribution in [3.05, 3.63) is 453 Å². The van der Waals surface area contributed by atoms with Crippen LogP contribution in [0, 0.1) is 87.7 Å². The molecular formula is C117H63N27. The lowest BCUT2D eigenvalue weighted by atomic mass is 9.94. The maximum Gasteiger partial charge on any atom is 0.270 e. The van der Waals surface area contributed by atoms with Crippen LogP contribution in [0.25, 0.3) is 216 Å². The highest BCUT2D eigenvalue weighted by Gasteiger charge is 2.19. The van der Waals surface area contributed by atoms with E-state index in [2.05, 4.69) is 160 Å². The molecule has 0 aliphatic carbocycles. The SMILES string of the molecule is [C-]#[N+]c1cc(-c2ccc(-c3cc(-c4ccc(-c5ccnc(C#N)c5)nc4)cc(-c4ccc(-c5ccnc(C#N)c5)nc4)c3)cn2)ccn1.[C-]#[N+]c1ccnc(-c2ccc(-c3cc(-c4ccc(-c5cncc(C#N)c5)nc4)cc(-c4ccc(-c5cncc(C#N)c5)nc4)c3)nc2)c1.[C-]#[N+]c1cncc(-c2ccc(-c3cc(-c4ccc(-c5cncc(C#N)c5)nc4)cc(-c4ccc(-c5cncc(C#N)c5)nc4)c3)cn2)c1. The average molecular weight is 1850 g/mol. The topological polar surface area (TPSA) is 388 Å². The molecule has 144 heavy (non-hydrogen) atoms. The van der Waals surface area contributed by atoms with Crippen molar-refractivity contribution in [3.8, 4) is 238 Å². The first-order valence-corrected chi connectivity index (χ1v) is 44.1. The van der Waals surface area contributed by atoms with E-state index in [1.807, 2.05) is 165 Å². The third-order valence-electron chi connectivity index (χ3n) is 23.1. The summed E-state index contributed by atoms with van der Waals surface area (Å²) in [6.07, 6.45) is 38.8. The zero-order valence-corrected chi connectivity index (χ0v) is 75.4. The van der Waals surface area contributed by atoms with Crippen LogP contribution in [0.2, 0.25) is 0 Å². The van der Waals surface area contributed by atoms with E-state index in [1.54, 1.807) is 135 Å². The Kier molecular flexibility index (Phi) is 26.6. The number of nitriles is 6. The second kappa shape index (κ2) is 42.1. The lowest BCUT2D eigenvalue weighted by molar-refractivity contribution is 1.25. The minimum Gasteiger partial charge on any atom is -0.361 e. The number of pyridine rings is 18. The number of hydrogen-bond acceptors (Lipinski definition) is 24. The van der Waals surface area contributed by atoms with Gasteiger partial charge in [-0.3, -0.25) is 74.8 Å². The molecule has 0 amide bonds. The Bertz CT molecular complexity index is 7210. The van der Waals surface area contributed by atoms with Crippen molar-refractivity contribution in [2.24, 2.45) is 0 Å². The van der Waals surface area contributed by atoms with E-state index in [0.717, 1.165) is 173 Å². The van der Waals surface area contributed by atoms with Gasteiger partial charge in [-0.2, -0.15) is 31.6 Å². The predicted octanol–water partition coefficient (Wildman–Crippen LogP) is 25.1. The van der Waals surface area contributed by atoms with Gasteiger partial charge in [0.2, 0.25) is 5.69 Å². The van der Waals surface area contributed by atoms with Crippen LogP contribution in [0.3, 0.4) is 0 Å². The van der Waals surface area contributed by atoms with Crippen LogP contribution in [0.15, 0.2) is 385 Å². The molecule has 18 heterocycles. The fourth-order valence-corrected chi connectivity index (χ4v) is 15.7. The van der Waals surface area contributed by atoms with Gasteiger partial charge in [-0.1, -0.05) is 55.1 Å². The number of rotatable bonds is 18. The number of aromatic nitrogens is 18. The lowest BCUT2D eigenvalue weighted by Gasteiger charge is -2.12. The van der Waals surface area contributed by atoms with Gasteiger partial charge in [0.1, 0.15) is 54.0 Å². The maximum atomic E-state index is 9.28. The molecule has 0 atom stereocenters. The van der Waals surface area contributed by atoms with E-state index >= 15 is 0 Å². The van der Waals surface area contributed by atoms with E-state index in [-0.39, 0.29) is 0 Å². The summed E-state index contributed by atoms with van der Waals surface area (Å²) in [5, 5.41) is 55.7. The van der Waals surface area contributed by atoms with Crippen molar-refractivity contribution in [1.29, 1.82) is 31.6 Å². The fraction of sp³-hybridized carbons (Fsp3) is 0. The molecule has 0 N–H and O–H groups in total. The Morgan fingerprint density at radius 2 is 0.417 bits per heavy atom. The number of benzene rings is 3. The molecule has 3 aromatic carbocycles. The molecule has 0 bridgehead atoms. The number of nitrogens with zero attached hydrogens (tertiary/aromatic N) is 27. The Hall–Kier alpha value is -22.2. The molecule has 0 spiro atoms. The molecule has 0 unspecified atom stereocenters. The van der Waals surface area contributed by atoms with Crippen LogP contribution >= 0.6 is 0 Å². The molecule has 27 heteroatoms. The van der Waals surface area contributed by atoms with Crippen LogP contribution in [-0.2, 0) is 0 Å². The van der Waals surface area contributed by atoms with E-state index in [1.165, 1.54) is 31.0 Å². The van der Waals surface area contributed by atoms with E-state index in [0.29, 0.717) is 79.3 Å². The quantitative estimate of drug-likeness (QED) is 0.0720. The molecule has 0 aliphatic heterocycles. The Balaban J connectivity index is 0.000000137. The Labute approximate surface area is 824 Å². The van der Waals surface area contributed by atoms with Gasteiger partial charge in [-0.25, -0.2) is 19.7 Å². The summed E-state index contributed by atoms with van der Waals surface area (Å²) >= 11 is 0. The van der Waals surface area contributed by atoms with Gasteiger partial charge in [0.15, 0.2) is 5.69 Å². The summed E-state index contributed by atoms with van der Waals surface area (Å²) in [6, 6.07) is 89.6. The molecule has 18 aromatic heterocycles. The molecule has 21 rings (SSSR count). The van der Waals surface area contributed by atoms with Crippen molar-refractivity contribution < 1.29 is 0 Å². The highest BCUT2D eigenvalue weighted by Crippen LogP contribution is 2.41. The van der Waals surface area contributed by atoms with Crippen molar-refractivity contribution in [2.75, 3.05) is 0 Å². The fourth-order valence-electron chi connectivity index (χ4n) is 15.7. The molecule has 0 radical (unpaired) electrons. The number of hydrogen-bond donors (Lipinski definition) is 0. The van der Waals surface area contributed by atoms with E-state index in [9.17, 15) is 31.6 Å². The first-order chi connectivity index (χ1) is 70.8. The van der Waals surface area contributed by atoms with Gasteiger partial charge >= 0.3 is 0 Å². The van der Waals surface area contributed by atoms with Crippen molar-refractivity contribution in [3.63, 3.8) is 0 Å². The molecule has 0 saturated heterocycles. The van der Waals surface area contributed by atoms with E-state index < -0.39 is 0 Å². The minimum absolute atomic E-state index is 0.318. The van der Waals surface area contributed by atoms with Crippen molar-refractivity contribution >= 4 is 17.2 Å². The second-order valence-corrected chi connectivity index (χ2v) is 32.2. The first-order valence-electron chi connectivity index (χ1n) is 44.1. The van der Waals surface area contributed by atoms with Crippen LogP contribution in [0.5, 0.6) is 0 Å². The molecule has 27 nitrogen and oxygen atoms in total. The minimum atomic E-state index is 0.318. The first kappa shape index (κ1) is 90.9. The van der Waals surface area contributed by atoms with Gasteiger partial charge in [0.25, 0.3) is 5.82 Å². The van der Waals surface area contributed by atoms with Crippen LogP contribution in [0.4, 0.5) is 17.2 Å². The van der Waals surface area contributed by atoms with Gasteiger partial charge in [-0.05, 0) is 244 Å². The molecule has 21 aromatic rings. The Morgan fingerprint density at radius 1 is 0.160 bits per heavy atom. The molecule has 0 saturated carbocycles. The van der Waals surface area contributed by atoms with Gasteiger partial charge in [0.05, 0.1) is 92.3 Å². The maximum absolute atomic E-state index is 9.28. The summed E-state index contributed by atoms with van der Waals surface area (Å²) in [4.78, 5) is 90.2. The largest absolute Gasteiger partial charge is 0.361 e. The highest BCUT2D eigenvalue weighted by atomic mass is 14.9. The third-order valence-corrected chi connectivity index (χ3v) is 23.1. The molecular weight excluding hydrogens is 1780 g/mol. The summed E-state index contributed by atoms with van der Waals surface area (Å²) in [5.41, 5.74) is 33.5. The standard InChI is InChI=1S/3C39H21N9/c1-42-36-13-35(20-45-24-36)39-7-4-29(23-48-39)32-11-30(27-2-5-37(46-21-27)33-8-25(14-40)16-43-18-33)10-31(12-32)28-3-6-38(47-22-28)34-9-26(15-41)17-44-19-34;1-42-39-19-27(10-13-45-39)38-7-4-30(24-48-38)33-15-31(28-2-5-36(46-22-28)25-8-11-43-34(17-25)20-40)14-32(16-33)29-3-6-37(47-23-29)26-9-12-44-35(18-26)21-41;1-42-35-8-9-45-39(15-35)29-4-7-36(48-24-29)32-13-30(27-2-5-37(46-22-27)33-10-25(16-40)18-43-20-33)12-31(14-32)28-3-6-38(47-23-28)34-11-26(17-41)19-44-21-34/h2-13,16-24H;2-19,22-24H;2-15,18-24H. The highest BCUT2D eigenvalue weighted by molar-refractivity contribution is 5.87. The van der Waals surface area contributed by atoms with Gasteiger partial charge in [0, 0.05) is 231 Å². The summed E-state index contributed by atoms with van der Waals surface area (Å²) < 4.78 is 0. The lowest BCUT2D eigenvalue weighted by Crippen LogP contribution is -1.92. The van der Waals surface area contributed by atoms with E-state index in [4.69, 9.17) is 54.6 Å². The van der Waals surface area contributed by atoms with Crippen LogP contribution in [-0.4, -0.2) is 89.7 Å². The summed E-state index contributed by atoms with van der Waals surface area (Å²) in [7, 11) is 0. The zero-order chi connectivity index (χ0) is 98.6. The Morgan fingerprint density at radius 3 is 0.694 bits per heavy atom. The van der Waals surface area contributed by atoms with Crippen LogP contribution < -0.4 is 0 Å². The summed E-state index contributed by atoms with van der Waals surface area (Å²) in [6.45, 7) is 21.9. The molecule has 0 aliphatic rings. The average Bonchev–Trinajstić information content (AvgIpc) is 0.793. The monoisotopic (exact) mass is 1850 g/mol. The van der Waals surface area contributed by atoms with Gasteiger partial charge < -0.3 is 4.85 Å². The van der Waals surface area contributed by atoms with Crippen molar-refractivity contribution in [2.45, 2.75) is 0 Å². The molecule has 666 valence electrons. The predicted molar refractivity (Wildman–Crippen MR) is 545 cm³/mol. The van der Waals surface area contributed by atoms with Crippen LogP contribution in [0.1, 0.15) is 33.6 Å². The normalized spacial score (nSPS) is 10.4. The smallest absolute Gasteiger partial charge is 0.270 e. The van der Waals surface area contributed by atoms with Gasteiger partial charge in [-0.15, -0.1) is 4.98 Å². The van der Waals surface area contributed by atoms with Crippen molar-refractivity contribution in [1.82, 2.24) is 89.7 Å². The second-order valence-electron chi connectivity index (χ2n) is 32.2. The summed E-state index contributed by atoms with van der Waals surface area (Å²) in [5.74, 6) is 0.318. The molecule has 0 fully saturated rings.